The molecule has 0 atom stereocenters. The molecule has 3 aromatic carbocycles. The molecule has 0 saturated carbocycles. The van der Waals surface area contributed by atoms with Gasteiger partial charge in [0.25, 0.3) is 0 Å². The van der Waals surface area contributed by atoms with Gasteiger partial charge in [-0.3, -0.25) is 0 Å². The third kappa shape index (κ3) is 2.02. The van der Waals surface area contributed by atoms with Crippen molar-refractivity contribution in [2.45, 2.75) is 0 Å². The number of fused-ring (bicyclic) bond motifs is 3. The van der Waals surface area contributed by atoms with Crippen molar-refractivity contribution >= 4 is 49.4 Å². The van der Waals surface area contributed by atoms with Crippen LogP contribution >= 0.6 is 0 Å². The molecular formula is C18H13NTe. The zero-order chi connectivity index (χ0) is 13.4. The topological polar surface area (TPSA) is 12.0 Å². The number of nitrogens with one attached hydrogen (secondary N) is 1. The van der Waals surface area contributed by atoms with Crippen molar-refractivity contribution in [3.8, 4) is 0 Å². The number of hydrogen-bond donors (Lipinski definition) is 1. The first-order valence-corrected chi connectivity index (χ1v) is 8.97. The summed E-state index contributed by atoms with van der Waals surface area (Å²) in [5.41, 5.74) is 2.37. The number of para-hydroxylation sites is 1. The van der Waals surface area contributed by atoms with Crippen LogP contribution < -0.4 is 5.32 Å². The fraction of sp³-hybridized carbons (Fsp3) is 0. The molecule has 2 heteroatoms. The molecule has 0 spiro atoms. The molecule has 4 rings (SSSR count). The van der Waals surface area contributed by atoms with Gasteiger partial charge in [0.15, 0.2) is 0 Å². The van der Waals surface area contributed by atoms with Gasteiger partial charge in [-0.05, 0) is 0 Å². The van der Waals surface area contributed by atoms with Crippen LogP contribution in [-0.2, 0) is 0 Å². The molecule has 1 heterocycles. The maximum absolute atomic E-state index is 3.57. The summed E-state index contributed by atoms with van der Waals surface area (Å²) in [4.78, 5) is 0. The first-order valence-electron chi connectivity index (χ1n) is 6.64. The normalized spacial score (nSPS) is 11.0. The molecule has 4 aromatic rings. The van der Waals surface area contributed by atoms with E-state index in [1.54, 1.807) is 3.40 Å². The van der Waals surface area contributed by atoms with Gasteiger partial charge in [0.2, 0.25) is 0 Å². The van der Waals surface area contributed by atoms with E-state index in [1.165, 1.54) is 19.9 Å². The third-order valence-electron chi connectivity index (χ3n) is 3.46. The summed E-state index contributed by atoms with van der Waals surface area (Å²) in [6.45, 7) is 0. The summed E-state index contributed by atoms with van der Waals surface area (Å²) >= 11 is -0.224. The Morgan fingerprint density at radius 2 is 1.40 bits per heavy atom. The predicted octanol–water partition coefficient (Wildman–Crippen LogP) is 4.79. The molecule has 1 N–H and O–H groups in total. The Morgan fingerprint density at radius 3 is 2.30 bits per heavy atom. The van der Waals surface area contributed by atoms with Crippen LogP contribution in [-0.4, -0.2) is 20.4 Å². The van der Waals surface area contributed by atoms with E-state index in [0.29, 0.717) is 0 Å². The Labute approximate surface area is 127 Å². The maximum atomic E-state index is 3.57. The molecule has 0 radical (unpaired) electrons. The Hall–Kier alpha value is -1.75. The van der Waals surface area contributed by atoms with Gasteiger partial charge in [-0.1, -0.05) is 0 Å². The van der Waals surface area contributed by atoms with E-state index in [2.05, 4.69) is 72.0 Å². The van der Waals surface area contributed by atoms with Crippen molar-refractivity contribution in [2.75, 3.05) is 5.32 Å². The minimum atomic E-state index is -0.224. The first kappa shape index (κ1) is 12.0. The molecule has 1 aromatic heterocycles. The molecule has 96 valence electrons. The van der Waals surface area contributed by atoms with Gasteiger partial charge in [-0.2, -0.15) is 0 Å². The van der Waals surface area contributed by atoms with E-state index >= 15 is 0 Å². The first-order chi connectivity index (χ1) is 9.92. The van der Waals surface area contributed by atoms with Crippen molar-refractivity contribution < 1.29 is 0 Å². The Kier molecular flexibility index (Phi) is 2.99. The molecule has 0 unspecified atom stereocenters. The molecular weight excluding hydrogens is 358 g/mol. The second-order valence-corrected chi connectivity index (χ2v) is 7.86. The molecule has 0 fully saturated rings. The summed E-state index contributed by atoms with van der Waals surface area (Å²) < 4.78 is 3.09. The summed E-state index contributed by atoms with van der Waals surface area (Å²) in [5.74, 6) is 0. The zero-order valence-electron chi connectivity index (χ0n) is 10.8. The average molecular weight is 371 g/mol. The molecule has 20 heavy (non-hydrogen) atoms. The zero-order valence-corrected chi connectivity index (χ0v) is 13.2. The number of rotatable bonds is 2. The third-order valence-corrected chi connectivity index (χ3v) is 6.70. The van der Waals surface area contributed by atoms with Crippen LogP contribution in [0.25, 0.3) is 17.6 Å². The monoisotopic (exact) mass is 373 g/mol. The van der Waals surface area contributed by atoms with Crippen LogP contribution in [0, 0.1) is 0 Å². The van der Waals surface area contributed by atoms with Gasteiger partial charge >= 0.3 is 127 Å². The average Bonchev–Trinajstić information content (AvgIpc) is 2.88. The quantitative estimate of drug-likeness (QED) is 0.500. The molecule has 1 nitrogen and oxygen atoms in total. The minimum absolute atomic E-state index is 0.224. The Balaban J connectivity index is 1.95. The van der Waals surface area contributed by atoms with Crippen molar-refractivity contribution in [3.05, 3.63) is 72.8 Å². The molecule has 0 saturated heterocycles. The van der Waals surface area contributed by atoms with Crippen molar-refractivity contribution in [2.24, 2.45) is 0 Å². The van der Waals surface area contributed by atoms with E-state index in [0.717, 1.165) is 5.69 Å². The van der Waals surface area contributed by atoms with Crippen LogP contribution in [0.2, 0.25) is 0 Å². The predicted molar refractivity (Wildman–Crippen MR) is 88.1 cm³/mol. The Morgan fingerprint density at radius 1 is 0.650 bits per heavy atom. The van der Waals surface area contributed by atoms with E-state index in [4.69, 9.17) is 0 Å². The standard InChI is InChI=1S/C18H13NTe/c1-2-7-13(8-3-1)19-15-10-6-12-17-18(15)14-9-4-5-11-16(14)20-17/h1-12,19H. The van der Waals surface area contributed by atoms with Crippen LogP contribution in [0.3, 0.4) is 0 Å². The van der Waals surface area contributed by atoms with Gasteiger partial charge in [-0.15, -0.1) is 0 Å². The van der Waals surface area contributed by atoms with Gasteiger partial charge < -0.3 is 0 Å². The molecule has 0 amide bonds. The van der Waals surface area contributed by atoms with E-state index in [-0.39, 0.29) is 20.4 Å². The van der Waals surface area contributed by atoms with Crippen molar-refractivity contribution in [3.63, 3.8) is 0 Å². The van der Waals surface area contributed by atoms with Gasteiger partial charge in [0.05, 0.1) is 0 Å². The van der Waals surface area contributed by atoms with Gasteiger partial charge in [-0.25, -0.2) is 0 Å². The summed E-state index contributed by atoms with van der Waals surface area (Å²) in [7, 11) is 0. The summed E-state index contributed by atoms with van der Waals surface area (Å²) in [6, 6.07) is 25.8. The molecule has 0 aliphatic rings. The van der Waals surface area contributed by atoms with Crippen LogP contribution in [0.5, 0.6) is 0 Å². The molecule has 0 bridgehead atoms. The summed E-state index contributed by atoms with van der Waals surface area (Å²) in [6.07, 6.45) is 0. The molecule has 0 aliphatic carbocycles. The van der Waals surface area contributed by atoms with E-state index in [9.17, 15) is 0 Å². The van der Waals surface area contributed by atoms with Crippen molar-refractivity contribution in [1.82, 2.24) is 0 Å². The number of benzene rings is 3. The number of anilines is 2. The van der Waals surface area contributed by atoms with Crippen molar-refractivity contribution in [1.29, 1.82) is 0 Å². The Bertz CT molecular complexity index is 878. The van der Waals surface area contributed by atoms with E-state index in [1.807, 2.05) is 6.07 Å². The molecule has 0 aliphatic heterocycles. The van der Waals surface area contributed by atoms with Crippen LogP contribution in [0.1, 0.15) is 0 Å². The summed E-state index contributed by atoms with van der Waals surface area (Å²) in [5, 5.41) is 6.40. The fourth-order valence-electron chi connectivity index (χ4n) is 2.56. The fourth-order valence-corrected chi connectivity index (χ4v) is 5.79. The van der Waals surface area contributed by atoms with Gasteiger partial charge in [0, 0.05) is 0 Å². The van der Waals surface area contributed by atoms with Crippen LogP contribution in [0.15, 0.2) is 72.8 Å². The number of hydrogen-bond acceptors (Lipinski definition) is 1. The second kappa shape index (κ2) is 4.98. The SMILES string of the molecule is c1ccc(Nc2cccc3[te]c4ccccc4c23)cc1. The van der Waals surface area contributed by atoms with E-state index < -0.39 is 0 Å². The second-order valence-electron chi connectivity index (χ2n) is 4.77. The van der Waals surface area contributed by atoms with Crippen LogP contribution in [0.4, 0.5) is 11.4 Å². The van der Waals surface area contributed by atoms with Gasteiger partial charge in [0.1, 0.15) is 0 Å².